The molecule has 0 atom stereocenters. The molecule has 0 aromatic rings. The van der Waals surface area contributed by atoms with Gasteiger partial charge in [0.15, 0.2) is 5.76 Å². The highest BCUT2D eigenvalue weighted by Crippen LogP contribution is 2.14. The third kappa shape index (κ3) is 8.45. The SMILES string of the molecule is C=C(C)/C=C(\C(=C/C)OCCCl)[N+](=O)[O-].CF. The first kappa shape index (κ1) is 18.0. The molecule has 0 saturated carbocycles. The van der Waals surface area contributed by atoms with Crippen molar-refractivity contribution in [2.24, 2.45) is 0 Å². The van der Waals surface area contributed by atoms with Crippen LogP contribution in [0.2, 0.25) is 0 Å². The van der Waals surface area contributed by atoms with E-state index in [4.69, 9.17) is 16.3 Å². The van der Waals surface area contributed by atoms with Crippen molar-refractivity contribution in [1.82, 2.24) is 0 Å². The average Bonchev–Trinajstić information content (AvgIpc) is 2.30. The zero-order valence-corrected chi connectivity index (χ0v) is 11.0. The van der Waals surface area contributed by atoms with Crippen LogP contribution in [0.3, 0.4) is 0 Å². The smallest absolute Gasteiger partial charge is 0.310 e. The van der Waals surface area contributed by atoms with Gasteiger partial charge < -0.3 is 4.74 Å². The van der Waals surface area contributed by atoms with Gasteiger partial charge in [0.2, 0.25) is 0 Å². The quantitative estimate of drug-likeness (QED) is 0.243. The Kier molecular flexibility index (Phi) is 11.8. The summed E-state index contributed by atoms with van der Waals surface area (Å²) in [6, 6.07) is 0. The van der Waals surface area contributed by atoms with E-state index in [2.05, 4.69) is 6.58 Å². The number of allylic oxidation sites excluding steroid dienone is 3. The fourth-order valence-electron chi connectivity index (χ4n) is 0.901. The lowest BCUT2D eigenvalue weighted by Gasteiger charge is -2.06. The van der Waals surface area contributed by atoms with Gasteiger partial charge in [-0.1, -0.05) is 12.2 Å². The van der Waals surface area contributed by atoms with E-state index in [0.717, 1.165) is 0 Å². The molecule has 0 aliphatic rings. The second kappa shape index (κ2) is 11.1. The molecule has 17 heavy (non-hydrogen) atoms. The van der Waals surface area contributed by atoms with E-state index >= 15 is 0 Å². The van der Waals surface area contributed by atoms with Crippen LogP contribution in [0, 0.1) is 10.1 Å². The standard InChI is InChI=1S/C10H14ClNO3.CH3F/c1-4-10(15-6-5-11)9(12(13)14)7-8(2)3;1-2/h4,7H,2,5-6H2,1,3H3;1H3/b9-7+,10-4+;. The molecule has 6 heteroatoms. The summed E-state index contributed by atoms with van der Waals surface area (Å²) in [4.78, 5) is 10.2. The lowest BCUT2D eigenvalue weighted by molar-refractivity contribution is -0.424. The molecular formula is C11H17ClFNO3. The van der Waals surface area contributed by atoms with Crippen molar-refractivity contribution in [3.8, 4) is 0 Å². The van der Waals surface area contributed by atoms with Gasteiger partial charge >= 0.3 is 5.70 Å². The van der Waals surface area contributed by atoms with E-state index in [1.54, 1.807) is 13.8 Å². The number of halogens is 2. The van der Waals surface area contributed by atoms with Crippen molar-refractivity contribution in [3.63, 3.8) is 0 Å². The topological polar surface area (TPSA) is 52.4 Å². The molecule has 0 aromatic carbocycles. The van der Waals surface area contributed by atoms with Crippen molar-refractivity contribution in [3.05, 3.63) is 45.9 Å². The Labute approximate surface area is 106 Å². The molecule has 0 radical (unpaired) electrons. The summed E-state index contributed by atoms with van der Waals surface area (Å²) >= 11 is 5.43. The first-order chi connectivity index (χ1) is 8.02. The predicted octanol–water partition coefficient (Wildman–Crippen LogP) is 3.47. The average molecular weight is 266 g/mol. The fourth-order valence-corrected chi connectivity index (χ4v) is 0.978. The molecule has 0 fully saturated rings. The van der Waals surface area contributed by atoms with E-state index in [0.29, 0.717) is 12.8 Å². The highest BCUT2D eigenvalue weighted by Gasteiger charge is 2.17. The predicted molar refractivity (Wildman–Crippen MR) is 67.4 cm³/mol. The van der Waals surface area contributed by atoms with Crippen LogP contribution in [0.1, 0.15) is 13.8 Å². The summed E-state index contributed by atoms with van der Waals surface area (Å²) in [5.41, 5.74) is 0.491. The van der Waals surface area contributed by atoms with Gasteiger partial charge in [0.1, 0.15) is 6.61 Å². The van der Waals surface area contributed by atoms with Crippen molar-refractivity contribution in [2.45, 2.75) is 13.8 Å². The summed E-state index contributed by atoms with van der Waals surface area (Å²) in [5.74, 6) is 0.499. The first-order valence-electron chi connectivity index (χ1n) is 4.77. The zero-order valence-electron chi connectivity index (χ0n) is 10.2. The van der Waals surface area contributed by atoms with E-state index in [1.807, 2.05) is 0 Å². The van der Waals surface area contributed by atoms with Crippen molar-refractivity contribution in [1.29, 1.82) is 0 Å². The molecule has 0 heterocycles. The van der Waals surface area contributed by atoms with Crippen LogP contribution < -0.4 is 0 Å². The molecule has 0 bridgehead atoms. The minimum Gasteiger partial charge on any atom is -0.486 e. The minimum atomic E-state index is -0.502. The Hall–Kier alpha value is -1.36. The lowest BCUT2D eigenvalue weighted by atomic mass is 10.2. The maximum atomic E-state index is 10.7. The number of hydrogen-bond donors (Lipinski definition) is 0. The van der Waals surface area contributed by atoms with Gasteiger partial charge in [-0.25, -0.2) is 0 Å². The molecule has 0 rings (SSSR count). The number of rotatable bonds is 6. The Balaban J connectivity index is 0. The number of hydrogen-bond acceptors (Lipinski definition) is 3. The summed E-state index contributed by atoms with van der Waals surface area (Å²) in [6.45, 7) is 7.17. The van der Waals surface area contributed by atoms with Crippen LogP contribution in [-0.4, -0.2) is 24.6 Å². The van der Waals surface area contributed by atoms with Crippen LogP contribution in [-0.2, 0) is 4.74 Å². The summed E-state index contributed by atoms with van der Waals surface area (Å²) in [6.07, 6.45) is 2.90. The summed E-state index contributed by atoms with van der Waals surface area (Å²) in [7, 11) is 0.500. The largest absolute Gasteiger partial charge is 0.486 e. The van der Waals surface area contributed by atoms with Crippen LogP contribution in [0.4, 0.5) is 4.39 Å². The molecule has 0 aliphatic heterocycles. The Morgan fingerprint density at radius 1 is 1.59 bits per heavy atom. The number of nitro groups is 1. The highest BCUT2D eigenvalue weighted by atomic mass is 35.5. The van der Waals surface area contributed by atoms with Crippen LogP contribution in [0.15, 0.2) is 35.8 Å². The monoisotopic (exact) mass is 265 g/mol. The second-order valence-electron chi connectivity index (χ2n) is 2.82. The number of nitrogens with zero attached hydrogens (tertiary/aromatic N) is 1. The minimum absolute atomic E-state index is 0.102. The third-order valence-corrected chi connectivity index (χ3v) is 1.58. The van der Waals surface area contributed by atoms with Crippen molar-refractivity contribution < 1.29 is 14.1 Å². The molecule has 98 valence electrons. The van der Waals surface area contributed by atoms with Gasteiger partial charge in [0.25, 0.3) is 0 Å². The maximum absolute atomic E-state index is 10.7. The molecule has 0 spiro atoms. The molecule has 0 aliphatic carbocycles. The summed E-state index contributed by atoms with van der Waals surface area (Å²) in [5, 5.41) is 10.7. The van der Waals surface area contributed by atoms with E-state index < -0.39 is 4.92 Å². The number of alkyl halides is 2. The lowest BCUT2D eigenvalue weighted by Crippen LogP contribution is -2.07. The third-order valence-electron chi connectivity index (χ3n) is 1.43. The van der Waals surface area contributed by atoms with Gasteiger partial charge in [-0.3, -0.25) is 14.5 Å². The Morgan fingerprint density at radius 3 is 2.41 bits per heavy atom. The van der Waals surface area contributed by atoms with Gasteiger partial charge in [0, 0.05) is 6.08 Å². The molecule has 0 N–H and O–H groups in total. The first-order valence-corrected chi connectivity index (χ1v) is 5.31. The highest BCUT2D eigenvalue weighted by molar-refractivity contribution is 6.17. The van der Waals surface area contributed by atoms with E-state index in [9.17, 15) is 14.5 Å². The Bertz CT molecular complexity index is 314. The molecule has 0 saturated heterocycles. The normalized spacial score (nSPS) is 11.4. The van der Waals surface area contributed by atoms with Crippen LogP contribution in [0.5, 0.6) is 0 Å². The Morgan fingerprint density at radius 2 is 2.12 bits per heavy atom. The zero-order chi connectivity index (χ0) is 13.8. The van der Waals surface area contributed by atoms with Crippen molar-refractivity contribution >= 4 is 11.6 Å². The molecular weight excluding hydrogens is 249 g/mol. The molecule has 4 nitrogen and oxygen atoms in total. The van der Waals surface area contributed by atoms with Gasteiger partial charge in [-0.15, -0.1) is 11.6 Å². The van der Waals surface area contributed by atoms with Gasteiger partial charge in [-0.2, -0.15) is 0 Å². The van der Waals surface area contributed by atoms with E-state index in [1.165, 1.54) is 12.2 Å². The van der Waals surface area contributed by atoms with Crippen LogP contribution >= 0.6 is 11.6 Å². The van der Waals surface area contributed by atoms with Gasteiger partial charge in [-0.05, 0) is 19.9 Å². The fraction of sp³-hybridized carbons (Fsp3) is 0.455. The second-order valence-corrected chi connectivity index (χ2v) is 3.20. The van der Waals surface area contributed by atoms with Gasteiger partial charge in [0.05, 0.1) is 18.0 Å². The molecule has 0 amide bonds. The molecule has 0 aromatic heterocycles. The summed E-state index contributed by atoms with van der Waals surface area (Å²) < 4.78 is 14.6. The number of ether oxygens (including phenoxy) is 1. The van der Waals surface area contributed by atoms with Crippen molar-refractivity contribution in [2.75, 3.05) is 19.7 Å². The maximum Gasteiger partial charge on any atom is 0.310 e. The van der Waals surface area contributed by atoms with Crippen LogP contribution in [0.25, 0.3) is 0 Å². The van der Waals surface area contributed by atoms with E-state index in [-0.39, 0.29) is 23.9 Å². The molecule has 0 unspecified atom stereocenters.